The van der Waals surface area contributed by atoms with Crippen LogP contribution in [0.2, 0.25) is 0 Å². The number of nitrogens with zero attached hydrogens (tertiary/aromatic N) is 3. The van der Waals surface area contributed by atoms with Gasteiger partial charge >= 0.3 is 0 Å². The monoisotopic (exact) mass is 449 g/mol. The van der Waals surface area contributed by atoms with E-state index in [9.17, 15) is 15.2 Å². The normalized spacial score (nSPS) is 11.9. The van der Waals surface area contributed by atoms with Crippen molar-refractivity contribution in [3.63, 3.8) is 0 Å². The minimum atomic E-state index is -0.456. The minimum Gasteiger partial charge on any atom is -0.494 e. The van der Waals surface area contributed by atoms with Gasteiger partial charge in [-0.1, -0.05) is 48.5 Å². The third-order valence-corrected chi connectivity index (χ3v) is 5.37. The number of benzene rings is 3. The number of nitrogens with one attached hydrogen (secondary N) is 2. The number of rotatable bonds is 6. The van der Waals surface area contributed by atoms with Gasteiger partial charge in [0.2, 0.25) is 0 Å². The van der Waals surface area contributed by atoms with Crippen LogP contribution < -0.4 is 0 Å². The van der Waals surface area contributed by atoms with E-state index >= 15 is 0 Å². The molecule has 8 nitrogen and oxygen atoms in total. The number of aromatic hydroxyl groups is 1. The molecule has 0 atom stereocenters. The summed E-state index contributed by atoms with van der Waals surface area (Å²) < 4.78 is 0. The van der Waals surface area contributed by atoms with Crippen molar-refractivity contribution in [2.45, 2.75) is 0 Å². The number of aliphatic imine (C=N–C) groups is 1. The Hall–Kier alpha value is -4.98. The van der Waals surface area contributed by atoms with Crippen LogP contribution in [0, 0.1) is 10.1 Å². The fourth-order valence-corrected chi connectivity index (χ4v) is 3.71. The summed E-state index contributed by atoms with van der Waals surface area (Å²) in [4.78, 5) is 25.6. The molecular weight excluding hydrogens is 430 g/mol. The van der Waals surface area contributed by atoms with E-state index in [0.717, 1.165) is 16.8 Å². The maximum atomic E-state index is 11.3. The molecule has 0 amide bonds. The molecule has 0 spiro atoms. The van der Waals surface area contributed by atoms with Crippen LogP contribution in [-0.2, 0) is 0 Å². The summed E-state index contributed by atoms with van der Waals surface area (Å²) in [7, 11) is 0. The van der Waals surface area contributed by atoms with Gasteiger partial charge in [-0.2, -0.15) is 0 Å². The Morgan fingerprint density at radius 3 is 2.53 bits per heavy atom. The smallest absolute Gasteiger partial charge is 0.270 e. The summed E-state index contributed by atoms with van der Waals surface area (Å²) in [6.45, 7) is 0. The summed E-state index contributed by atoms with van der Waals surface area (Å²) in [5.41, 5.74) is 4.77. The first-order valence-corrected chi connectivity index (χ1v) is 10.5. The second-order valence-corrected chi connectivity index (χ2v) is 7.59. The van der Waals surface area contributed by atoms with Gasteiger partial charge in [0.05, 0.1) is 40.1 Å². The average Bonchev–Trinajstić information content (AvgIpc) is 3.49. The third kappa shape index (κ3) is 4.20. The van der Waals surface area contributed by atoms with Gasteiger partial charge in [0.15, 0.2) is 5.88 Å². The zero-order valence-electron chi connectivity index (χ0n) is 17.8. The van der Waals surface area contributed by atoms with Gasteiger partial charge in [-0.3, -0.25) is 10.1 Å². The highest BCUT2D eigenvalue weighted by molar-refractivity contribution is 6.22. The van der Waals surface area contributed by atoms with E-state index in [1.54, 1.807) is 18.6 Å². The number of nitro benzene ring substituents is 1. The van der Waals surface area contributed by atoms with Gasteiger partial charge in [-0.15, -0.1) is 0 Å². The standard InChI is InChI=1S/C26H19N5O3/c32-26-24(22-14-21(31(33)34)12-13-23(22)30-26)25(18-4-2-1-3-5-18)29-19-9-6-17(7-10-19)8-11-20-15-27-16-28-20/h1-16,30,32H,(H,27,28). The lowest BCUT2D eigenvalue weighted by Gasteiger charge is -2.08. The van der Waals surface area contributed by atoms with Gasteiger partial charge in [-0.05, 0) is 29.8 Å². The molecule has 5 rings (SSSR count). The largest absolute Gasteiger partial charge is 0.494 e. The molecule has 166 valence electrons. The summed E-state index contributed by atoms with van der Waals surface area (Å²) in [5, 5.41) is 22.6. The van der Waals surface area contributed by atoms with E-state index in [4.69, 9.17) is 4.99 Å². The van der Waals surface area contributed by atoms with Crippen LogP contribution >= 0.6 is 0 Å². The average molecular weight is 449 g/mol. The second-order valence-electron chi connectivity index (χ2n) is 7.59. The lowest BCUT2D eigenvalue weighted by molar-refractivity contribution is -0.384. The fourth-order valence-electron chi connectivity index (χ4n) is 3.71. The quantitative estimate of drug-likeness (QED) is 0.171. The molecule has 0 aliphatic carbocycles. The molecule has 0 bridgehead atoms. The van der Waals surface area contributed by atoms with E-state index in [0.29, 0.717) is 27.9 Å². The van der Waals surface area contributed by atoms with E-state index in [2.05, 4.69) is 15.0 Å². The van der Waals surface area contributed by atoms with Crippen LogP contribution in [0.25, 0.3) is 23.1 Å². The molecule has 0 radical (unpaired) electrons. The van der Waals surface area contributed by atoms with Crippen molar-refractivity contribution in [3.8, 4) is 5.88 Å². The lowest BCUT2D eigenvalue weighted by Crippen LogP contribution is -2.03. The number of nitro groups is 1. The highest BCUT2D eigenvalue weighted by Gasteiger charge is 2.20. The maximum Gasteiger partial charge on any atom is 0.270 e. The van der Waals surface area contributed by atoms with Crippen molar-refractivity contribution in [2.75, 3.05) is 0 Å². The Balaban J connectivity index is 1.60. The number of H-pyrrole nitrogens is 2. The molecule has 0 unspecified atom stereocenters. The van der Waals surface area contributed by atoms with Gasteiger partial charge in [0, 0.05) is 28.6 Å². The molecule has 0 saturated heterocycles. The van der Waals surface area contributed by atoms with E-state index in [1.165, 1.54) is 12.1 Å². The zero-order chi connectivity index (χ0) is 23.5. The molecular formula is C26H19N5O3. The number of non-ortho nitro benzene ring substituents is 1. The molecule has 0 aliphatic rings. The molecule has 8 heteroatoms. The molecule has 3 N–H and O–H groups in total. The fraction of sp³-hybridized carbons (Fsp3) is 0. The minimum absolute atomic E-state index is 0.0615. The van der Waals surface area contributed by atoms with Crippen molar-refractivity contribution in [1.82, 2.24) is 15.0 Å². The molecule has 0 saturated carbocycles. The Kier molecular flexibility index (Phi) is 5.45. The molecule has 0 aliphatic heterocycles. The Morgan fingerprint density at radius 2 is 1.82 bits per heavy atom. The lowest BCUT2D eigenvalue weighted by atomic mass is 10.0. The summed E-state index contributed by atoms with van der Waals surface area (Å²) in [6.07, 6.45) is 7.25. The van der Waals surface area contributed by atoms with E-state index < -0.39 is 4.92 Å². The molecule has 34 heavy (non-hydrogen) atoms. The first kappa shape index (κ1) is 20.9. The first-order chi connectivity index (χ1) is 16.6. The van der Waals surface area contributed by atoms with Crippen LogP contribution in [-0.4, -0.2) is 30.7 Å². The number of aromatic amines is 2. The second kappa shape index (κ2) is 8.87. The molecule has 3 aromatic carbocycles. The van der Waals surface area contributed by atoms with Gasteiger partial charge < -0.3 is 15.1 Å². The van der Waals surface area contributed by atoms with Gasteiger partial charge in [0.1, 0.15) is 0 Å². The van der Waals surface area contributed by atoms with Crippen molar-refractivity contribution in [3.05, 3.63) is 118 Å². The number of imidazole rings is 1. The highest BCUT2D eigenvalue weighted by atomic mass is 16.6. The predicted octanol–water partition coefficient (Wildman–Crippen LogP) is 5.84. The van der Waals surface area contributed by atoms with E-state index in [-0.39, 0.29) is 11.6 Å². The molecule has 5 aromatic rings. The number of fused-ring (bicyclic) bond motifs is 1. The summed E-state index contributed by atoms with van der Waals surface area (Å²) in [6, 6.07) is 21.5. The highest BCUT2D eigenvalue weighted by Crippen LogP contribution is 2.33. The van der Waals surface area contributed by atoms with Crippen LogP contribution in [0.4, 0.5) is 11.4 Å². The first-order valence-electron chi connectivity index (χ1n) is 10.5. The Bertz CT molecular complexity index is 1520. The SMILES string of the molecule is O=[N+]([O-])c1ccc2[nH]c(O)c(C(=Nc3ccc(C=Cc4cnc[nH]4)cc3)c3ccccc3)c2c1. The molecule has 2 aromatic heterocycles. The summed E-state index contributed by atoms with van der Waals surface area (Å²) in [5.74, 6) is -0.0998. The van der Waals surface area contributed by atoms with Crippen molar-refractivity contribution >= 4 is 40.1 Å². The maximum absolute atomic E-state index is 11.3. The van der Waals surface area contributed by atoms with Crippen molar-refractivity contribution in [2.24, 2.45) is 4.99 Å². The summed E-state index contributed by atoms with van der Waals surface area (Å²) >= 11 is 0. The number of aromatic nitrogens is 3. The van der Waals surface area contributed by atoms with Gasteiger partial charge in [0.25, 0.3) is 5.69 Å². The zero-order valence-corrected chi connectivity index (χ0v) is 17.8. The topological polar surface area (TPSA) is 120 Å². The number of hydrogen-bond acceptors (Lipinski definition) is 5. The number of hydrogen-bond donors (Lipinski definition) is 3. The van der Waals surface area contributed by atoms with Crippen molar-refractivity contribution in [1.29, 1.82) is 0 Å². The van der Waals surface area contributed by atoms with Crippen molar-refractivity contribution < 1.29 is 10.0 Å². The van der Waals surface area contributed by atoms with Crippen LogP contribution in [0.5, 0.6) is 5.88 Å². The van der Waals surface area contributed by atoms with Gasteiger partial charge in [-0.25, -0.2) is 9.98 Å². The van der Waals surface area contributed by atoms with Crippen LogP contribution in [0.15, 0.2) is 90.3 Å². The van der Waals surface area contributed by atoms with Crippen LogP contribution in [0.3, 0.4) is 0 Å². The third-order valence-electron chi connectivity index (χ3n) is 5.37. The molecule has 2 heterocycles. The Labute approximate surface area is 194 Å². The Morgan fingerprint density at radius 1 is 1.03 bits per heavy atom. The predicted molar refractivity (Wildman–Crippen MR) is 132 cm³/mol. The molecule has 0 fully saturated rings. The van der Waals surface area contributed by atoms with E-state index in [1.807, 2.05) is 66.7 Å². The van der Waals surface area contributed by atoms with Crippen LogP contribution in [0.1, 0.15) is 22.4 Å².